The average Bonchev–Trinajstić information content (AvgIpc) is 3.02. The molecule has 0 saturated heterocycles. The fourth-order valence-corrected chi connectivity index (χ4v) is 4.04. The molecule has 8 nitrogen and oxygen atoms in total. The highest BCUT2D eigenvalue weighted by atomic mass is 19.1. The Kier molecular flexibility index (Phi) is 11.8. The van der Waals surface area contributed by atoms with E-state index in [9.17, 15) is 33.4 Å². The zero-order chi connectivity index (χ0) is 28.4. The Bertz CT molecular complexity index is 1100. The first-order chi connectivity index (χ1) is 17.9. The molecule has 38 heavy (non-hydrogen) atoms. The van der Waals surface area contributed by atoms with Crippen LogP contribution in [0.5, 0.6) is 0 Å². The Morgan fingerprint density at radius 3 is 2.29 bits per heavy atom. The number of nitrogens with zero attached hydrogens (tertiary/aromatic N) is 1. The third-order valence-corrected chi connectivity index (χ3v) is 6.06. The number of amides is 3. The molecule has 1 aliphatic carbocycles. The monoisotopic (exact) mass is 533 g/mol. The molecule has 0 saturated carbocycles. The summed E-state index contributed by atoms with van der Waals surface area (Å²) in [4.78, 5) is 39.7. The van der Waals surface area contributed by atoms with E-state index in [1.54, 1.807) is 30.9 Å². The Labute approximate surface area is 222 Å². The molecule has 0 bridgehead atoms. The van der Waals surface area contributed by atoms with Crippen molar-refractivity contribution in [3.05, 3.63) is 70.8 Å². The van der Waals surface area contributed by atoms with Crippen molar-refractivity contribution < 1.29 is 33.4 Å². The molecule has 1 unspecified atom stereocenters. The fourth-order valence-electron chi connectivity index (χ4n) is 4.04. The summed E-state index contributed by atoms with van der Waals surface area (Å²) in [7, 11) is 0. The molecule has 10 heteroatoms. The summed E-state index contributed by atoms with van der Waals surface area (Å²) in [5.41, 5.74) is 0.867. The van der Waals surface area contributed by atoms with Crippen LogP contribution in [-0.4, -0.2) is 70.2 Å². The molecular weight excluding hydrogens is 496 g/mol. The lowest BCUT2D eigenvalue weighted by Gasteiger charge is -2.27. The van der Waals surface area contributed by atoms with Gasteiger partial charge in [0.2, 0.25) is 5.91 Å². The molecular formula is C28H37F2N3O5. The van der Waals surface area contributed by atoms with Gasteiger partial charge in [-0.15, -0.1) is 0 Å². The van der Waals surface area contributed by atoms with Gasteiger partial charge in [0.25, 0.3) is 11.8 Å². The number of halogens is 2. The molecule has 0 fully saturated rings. The minimum absolute atomic E-state index is 0.0408. The highest BCUT2D eigenvalue weighted by Gasteiger charge is 2.29. The standard InChI is InChI=1S/C28H37F2N3O5/c1-5-33(6-2)28(38)20-9-7-8-19(14-20)26(36)32-23(13-18-10-11-21(29)15-22(30)12-18)24(34)16-25(35)27(37)31-17(3)4/h7-9,11-12,14-15,17,23-25,34-35H,5-6,10,13,16H2,1-4H3,(H,31,37)(H,32,36)/t23?,24-,25+/m0/s1. The minimum atomic E-state index is -1.56. The number of nitrogens with one attached hydrogen (secondary N) is 2. The van der Waals surface area contributed by atoms with Crippen LogP contribution in [-0.2, 0) is 4.79 Å². The van der Waals surface area contributed by atoms with Crippen LogP contribution in [0.4, 0.5) is 8.78 Å². The van der Waals surface area contributed by atoms with Crippen LogP contribution >= 0.6 is 0 Å². The Balaban J connectivity index is 2.28. The number of allylic oxidation sites excluding steroid dienone is 5. The van der Waals surface area contributed by atoms with E-state index in [4.69, 9.17) is 0 Å². The lowest BCUT2D eigenvalue weighted by atomic mass is 9.94. The van der Waals surface area contributed by atoms with Gasteiger partial charge in [0.05, 0.1) is 12.1 Å². The van der Waals surface area contributed by atoms with Crippen LogP contribution < -0.4 is 10.6 Å². The lowest BCUT2D eigenvalue weighted by Crippen LogP contribution is -2.47. The van der Waals surface area contributed by atoms with E-state index in [1.807, 2.05) is 13.8 Å². The van der Waals surface area contributed by atoms with Crippen molar-refractivity contribution in [2.45, 2.75) is 71.2 Å². The van der Waals surface area contributed by atoms with E-state index in [0.29, 0.717) is 24.2 Å². The summed E-state index contributed by atoms with van der Waals surface area (Å²) in [6.45, 7) is 8.14. The van der Waals surface area contributed by atoms with Gasteiger partial charge in [-0.2, -0.15) is 0 Å². The third-order valence-electron chi connectivity index (χ3n) is 6.06. The van der Waals surface area contributed by atoms with Crippen molar-refractivity contribution >= 4 is 17.7 Å². The molecule has 1 aliphatic rings. The number of benzene rings is 1. The number of hydrogen-bond donors (Lipinski definition) is 4. The molecule has 208 valence electrons. The van der Waals surface area contributed by atoms with Crippen molar-refractivity contribution in [3.8, 4) is 0 Å². The molecule has 4 N–H and O–H groups in total. The van der Waals surface area contributed by atoms with Gasteiger partial charge >= 0.3 is 0 Å². The van der Waals surface area contributed by atoms with Gasteiger partial charge in [-0.05, 0) is 70.9 Å². The van der Waals surface area contributed by atoms with Crippen LogP contribution in [0.3, 0.4) is 0 Å². The minimum Gasteiger partial charge on any atom is -0.391 e. The predicted octanol–water partition coefficient (Wildman–Crippen LogP) is 3.33. The number of carbonyl (C=O) groups excluding carboxylic acids is 3. The quantitative estimate of drug-likeness (QED) is 0.329. The zero-order valence-electron chi connectivity index (χ0n) is 22.2. The summed E-state index contributed by atoms with van der Waals surface area (Å²) in [5.74, 6) is -3.09. The van der Waals surface area contributed by atoms with Crippen LogP contribution in [0.25, 0.3) is 0 Å². The van der Waals surface area contributed by atoms with Gasteiger partial charge in [0.15, 0.2) is 0 Å². The second kappa shape index (κ2) is 14.5. The second-order valence-corrected chi connectivity index (χ2v) is 9.45. The smallest absolute Gasteiger partial charge is 0.253 e. The number of aliphatic hydroxyl groups is 2. The summed E-state index contributed by atoms with van der Waals surface area (Å²) >= 11 is 0. The van der Waals surface area contributed by atoms with Crippen molar-refractivity contribution in [2.75, 3.05) is 13.1 Å². The molecule has 1 aromatic carbocycles. The Morgan fingerprint density at radius 2 is 1.66 bits per heavy atom. The molecule has 1 aromatic rings. The number of hydrogen-bond acceptors (Lipinski definition) is 5. The first kappa shape index (κ1) is 30.9. The predicted molar refractivity (Wildman–Crippen MR) is 141 cm³/mol. The van der Waals surface area contributed by atoms with E-state index >= 15 is 0 Å². The summed E-state index contributed by atoms with van der Waals surface area (Å²) in [5, 5.41) is 26.4. The maximum Gasteiger partial charge on any atom is 0.253 e. The lowest BCUT2D eigenvalue weighted by molar-refractivity contribution is -0.131. The summed E-state index contributed by atoms with van der Waals surface area (Å²) in [6.07, 6.45) is -0.365. The molecule has 0 radical (unpaired) electrons. The van der Waals surface area contributed by atoms with Crippen molar-refractivity contribution in [3.63, 3.8) is 0 Å². The SMILES string of the molecule is CCN(CC)C(=O)c1cccc(C(=O)NC(CC2=CC(F)=CC(F)=CC2)[C@@H](O)C[C@@H](O)C(=O)NC(C)C)c1. The first-order valence-corrected chi connectivity index (χ1v) is 12.7. The summed E-state index contributed by atoms with van der Waals surface area (Å²) in [6, 6.07) is 4.83. The highest BCUT2D eigenvalue weighted by molar-refractivity contribution is 5.99. The van der Waals surface area contributed by atoms with Gasteiger partial charge in [-0.25, -0.2) is 8.78 Å². The van der Waals surface area contributed by atoms with Crippen LogP contribution in [0.1, 0.15) is 67.7 Å². The molecule has 0 aromatic heterocycles. The Hall–Kier alpha value is -3.37. The number of aliphatic hydroxyl groups excluding tert-OH is 2. The maximum atomic E-state index is 14.0. The van der Waals surface area contributed by atoms with E-state index in [-0.39, 0.29) is 30.4 Å². The van der Waals surface area contributed by atoms with E-state index < -0.39 is 48.1 Å². The molecule has 0 spiro atoms. The molecule has 0 heterocycles. The molecule has 2 rings (SSSR count). The summed E-state index contributed by atoms with van der Waals surface area (Å²) < 4.78 is 27.7. The molecule has 0 aliphatic heterocycles. The number of carbonyl (C=O) groups is 3. The van der Waals surface area contributed by atoms with Gasteiger partial charge in [-0.1, -0.05) is 11.6 Å². The van der Waals surface area contributed by atoms with E-state index in [1.165, 1.54) is 18.2 Å². The molecule has 3 amide bonds. The average molecular weight is 534 g/mol. The first-order valence-electron chi connectivity index (χ1n) is 12.7. The van der Waals surface area contributed by atoms with E-state index in [2.05, 4.69) is 10.6 Å². The second-order valence-electron chi connectivity index (χ2n) is 9.45. The van der Waals surface area contributed by atoms with Gasteiger partial charge in [0, 0.05) is 42.8 Å². The van der Waals surface area contributed by atoms with Crippen LogP contribution in [0.2, 0.25) is 0 Å². The normalized spacial score (nSPS) is 15.9. The van der Waals surface area contributed by atoms with Crippen LogP contribution in [0.15, 0.2) is 59.7 Å². The van der Waals surface area contributed by atoms with Gasteiger partial charge < -0.3 is 25.7 Å². The number of rotatable bonds is 12. The molecule has 3 atom stereocenters. The van der Waals surface area contributed by atoms with E-state index in [0.717, 1.165) is 12.2 Å². The highest BCUT2D eigenvalue weighted by Crippen LogP contribution is 2.24. The third kappa shape index (κ3) is 9.18. The Morgan fingerprint density at radius 1 is 1.00 bits per heavy atom. The van der Waals surface area contributed by atoms with Crippen LogP contribution in [0, 0.1) is 0 Å². The fraction of sp³-hybridized carbons (Fsp3) is 0.464. The van der Waals surface area contributed by atoms with Gasteiger partial charge in [0.1, 0.15) is 17.8 Å². The van der Waals surface area contributed by atoms with Crippen molar-refractivity contribution in [2.24, 2.45) is 0 Å². The topological polar surface area (TPSA) is 119 Å². The zero-order valence-corrected chi connectivity index (χ0v) is 22.2. The largest absolute Gasteiger partial charge is 0.391 e. The van der Waals surface area contributed by atoms with Crippen molar-refractivity contribution in [1.29, 1.82) is 0 Å². The van der Waals surface area contributed by atoms with Crippen molar-refractivity contribution in [1.82, 2.24) is 15.5 Å². The maximum absolute atomic E-state index is 14.0. The van der Waals surface area contributed by atoms with Gasteiger partial charge in [-0.3, -0.25) is 14.4 Å².